The second-order valence-electron chi connectivity index (χ2n) is 4.44. The van der Waals surface area contributed by atoms with E-state index in [1.807, 2.05) is 24.4 Å². The molecule has 1 aliphatic heterocycles. The average molecular weight is 216 g/mol. The van der Waals surface area contributed by atoms with Crippen LogP contribution in [0.2, 0.25) is 0 Å². The van der Waals surface area contributed by atoms with Gasteiger partial charge in [0.15, 0.2) is 5.65 Å². The number of pyridine rings is 1. The second kappa shape index (κ2) is 4.22. The molecule has 2 aromatic heterocycles. The van der Waals surface area contributed by atoms with E-state index < -0.39 is 0 Å². The van der Waals surface area contributed by atoms with Crippen molar-refractivity contribution >= 4 is 5.65 Å². The van der Waals surface area contributed by atoms with Gasteiger partial charge < -0.3 is 5.32 Å². The Labute approximate surface area is 94.7 Å². The maximum absolute atomic E-state index is 4.25. The summed E-state index contributed by atoms with van der Waals surface area (Å²) in [5.74, 6) is 1.90. The number of hydrogen-bond acceptors (Lipinski definition) is 3. The van der Waals surface area contributed by atoms with Gasteiger partial charge in [0, 0.05) is 12.6 Å². The van der Waals surface area contributed by atoms with Crippen molar-refractivity contribution in [3.8, 4) is 0 Å². The summed E-state index contributed by atoms with van der Waals surface area (Å²) >= 11 is 0. The molecule has 1 N–H and O–H groups in total. The van der Waals surface area contributed by atoms with Gasteiger partial charge in [0.1, 0.15) is 5.82 Å². The first-order chi connectivity index (χ1) is 7.93. The number of aromatic nitrogens is 3. The number of nitrogens with zero attached hydrogens (tertiary/aromatic N) is 3. The van der Waals surface area contributed by atoms with Gasteiger partial charge in [0.25, 0.3) is 0 Å². The van der Waals surface area contributed by atoms with Crippen molar-refractivity contribution in [2.24, 2.45) is 5.92 Å². The van der Waals surface area contributed by atoms with Crippen LogP contribution < -0.4 is 5.32 Å². The van der Waals surface area contributed by atoms with E-state index >= 15 is 0 Å². The highest BCUT2D eigenvalue weighted by atomic mass is 15.2. The molecular weight excluding hydrogens is 200 g/mol. The molecule has 0 amide bonds. The van der Waals surface area contributed by atoms with Crippen molar-refractivity contribution in [1.82, 2.24) is 19.9 Å². The van der Waals surface area contributed by atoms with Crippen LogP contribution in [-0.2, 0) is 6.42 Å². The molecule has 16 heavy (non-hydrogen) atoms. The van der Waals surface area contributed by atoms with E-state index in [2.05, 4.69) is 19.9 Å². The third-order valence-electron chi connectivity index (χ3n) is 3.32. The number of fused-ring (bicyclic) bond motifs is 1. The van der Waals surface area contributed by atoms with Crippen LogP contribution in [-0.4, -0.2) is 27.7 Å². The monoisotopic (exact) mass is 216 g/mol. The van der Waals surface area contributed by atoms with Crippen LogP contribution in [0.1, 0.15) is 18.7 Å². The predicted octanol–water partition coefficient (Wildman–Crippen LogP) is 1.27. The smallest absolute Gasteiger partial charge is 0.160 e. The topological polar surface area (TPSA) is 42.2 Å². The van der Waals surface area contributed by atoms with Crippen molar-refractivity contribution in [2.45, 2.75) is 19.3 Å². The third kappa shape index (κ3) is 1.80. The van der Waals surface area contributed by atoms with Gasteiger partial charge in [-0.05, 0) is 44.0 Å². The lowest BCUT2D eigenvalue weighted by Gasteiger charge is -2.06. The van der Waals surface area contributed by atoms with Gasteiger partial charge >= 0.3 is 0 Å². The van der Waals surface area contributed by atoms with Crippen LogP contribution in [0.4, 0.5) is 0 Å². The summed E-state index contributed by atoms with van der Waals surface area (Å²) in [5.41, 5.74) is 0.946. The molecule has 4 heteroatoms. The summed E-state index contributed by atoms with van der Waals surface area (Å²) in [4.78, 5) is 0. The van der Waals surface area contributed by atoms with Gasteiger partial charge in [-0.2, -0.15) is 0 Å². The maximum Gasteiger partial charge on any atom is 0.160 e. The average Bonchev–Trinajstić information content (AvgIpc) is 2.96. The number of rotatable bonds is 3. The highest BCUT2D eigenvalue weighted by Crippen LogP contribution is 2.15. The Hall–Kier alpha value is -1.42. The lowest BCUT2D eigenvalue weighted by atomic mass is 10.0. The lowest BCUT2D eigenvalue weighted by Crippen LogP contribution is -2.10. The minimum Gasteiger partial charge on any atom is -0.316 e. The molecule has 0 radical (unpaired) electrons. The van der Waals surface area contributed by atoms with Crippen LogP contribution >= 0.6 is 0 Å². The fourth-order valence-electron chi connectivity index (χ4n) is 2.36. The van der Waals surface area contributed by atoms with E-state index in [0.29, 0.717) is 0 Å². The van der Waals surface area contributed by atoms with E-state index in [9.17, 15) is 0 Å². The molecule has 1 unspecified atom stereocenters. The zero-order valence-electron chi connectivity index (χ0n) is 9.26. The molecule has 1 saturated heterocycles. The summed E-state index contributed by atoms with van der Waals surface area (Å²) in [6.45, 7) is 2.34. The SMILES string of the molecule is c1ccn2c(CCC3CCNC3)nnc2c1. The molecule has 0 aromatic carbocycles. The van der Waals surface area contributed by atoms with Crippen molar-refractivity contribution in [3.63, 3.8) is 0 Å². The third-order valence-corrected chi connectivity index (χ3v) is 3.32. The number of hydrogen-bond donors (Lipinski definition) is 1. The van der Waals surface area contributed by atoms with Crippen LogP contribution in [0.5, 0.6) is 0 Å². The maximum atomic E-state index is 4.25. The Morgan fingerprint density at radius 3 is 3.25 bits per heavy atom. The molecule has 0 bridgehead atoms. The van der Waals surface area contributed by atoms with Crippen LogP contribution in [0.25, 0.3) is 5.65 Å². The van der Waals surface area contributed by atoms with Crippen molar-refractivity contribution in [3.05, 3.63) is 30.2 Å². The molecular formula is C12H16N4. The van der Waals surface area contributed by atoms with Gasteiger partial charge in [-0.25, -0.2) is 0 Å². The van der Waals surface area contributed by atoms with E-state index in [-0.39, 0.29) is 0 Å². The first-order valence-corrected chi connectivity index (χ1v) is 5.93. The summed E-state index contributed by atoms with van der Waals surface area (Å²) in [5, 5.41) is 11.8. The Bertz CT molecular complexity index is 471. The Morgan fingerprint density at radius 2 is 2.38 bits per heavy atom. The van der Waals surface area contributed by atoms with Crippen LogP contribution in [0.3, 0.4) is 0 Å². The summed E-state index contributed by atoms with van der Waals surface area (Å²) < 4.78 is 2.09. The second-order valence-corrected chi connectivity index (χ2v) is 4.44. The van der Waals surface area contributed by atoms with Gasteiger partial charge in [-0.15, -0.1) is 10.2 Å². The molecule has 3 heterocycles. The lowest BCUT2D eigenvalue weighted by molar-refractivity contribution is 0.523. The predicted molar refractivity (Wildman–Crippen MR) is 62.3 cm³/mol. The summed E-state index contributed by atoms with van der Waals surface area (Å²) in [6, 6.07) is 6.01. The van der Waals surface area contributed by atoms with E-state index in [1.54, 1.807) is 0 Å². The van der Waals surface area contributed by atoms with Crippen molar-refractivity contribution in [2.75, 3.05) is 13.1 Å². The minimum atomic E-state index is 0.816. The van der Waals surface area contributed by atoms with Crippen LogP contribution in [0, 0.1) is 5.92 Å². The quantitative estimate of drug-likeness (QED) is 0.840. The molecule has 0 saturated carbocycles. The van der Waals surface area contributed by atoms with Gasteiger partial charge in [0.05, 0.1) is 0 Å². The molecule has 1 fully saturated rings. The highest BCUT2D eigenvalue weighted by molar-refractivity contribution is 5.36. The van der Waals surface area contributed by atoms with Gasteiger partial charge in [-0.1, -0.05) is 6.07 Å². The fraction of sp³-hybridized carbons (Fsp3) is 0.500. The Kier molecular flexibility index (Phi) is 2.58. The first-order valence-electron chi connectivity index (χ1n) is 5.93. The summed E-state index contributed by atoms with van der Waals surface area (Å²) in [7, 11) is 0. The number of aryl methyl sites for hydroxylation is 1. The van der Waals surface area contributed by atoms with Crippen LogP contribution in [0.15, 0.2) is 24.4 Å². The zero-order chi connectivity index (χ0) is 10.8. The van der Waals surface area contributed by atoms with E-state index in [4.69, 9.17) is 0 Å². The largest absolute Gasteiger partial charge is 0.316 e. The van der Waals surface area contributed by atoms with Crippen molar-refractivity contribution in [1.29, 1.82) is 0 Å². The summed E-state index contributed by atoms with van der Waals surface area (Å²) in [6.07, 6.45) is 5.58. The highest BCUT2D eigenvalue weighted by Gasteiger charge is 2.15. The molecule has 0 spiro atoms. The molecule has 0 aliphatic carbocycles. The molecule has 1 atom stereocenters. The fourth-order valence-corrected chi connectivity index (χ4v) is 2.36. The Balaban J connectivity index is 1.73. The molecule has 84 valence electrons. The zero-order valence-corrected chi connectivity index (χ0v) is 9.26. The molecule has 3 rings (SSSR count). The first kappa shape index (κ1) is 9.78. The molecule has 4 nitrogen and oxygen atoms in total. The Morgan fingerprint density at radius 1 is 1.38 bits per heavy atom. The normalized spacial score (nSPS) is 20.6. The molecule has 2 aromatic rings. The number of nitrogens with one attached hydrogen (secondary N) is 1. The van der Waals surface area contributed by atoms with Gasteiger partial charge in [0.2, 0.25) is 0 Å². The van der Waals surface area contributed by atoms with Crippen molar-refractivity contribution < 1.29 is 0 Å². The van der Waals surface area contributed by atoms with E-state index in [1.165, 1.54) is 19.4 Å². The standard InChI is InChI=1S/C12H16N4/c1-2-8-16-11(3-1)14-15-12(16)5-4-10-6-7-13-9-10/h1-3,8,10,13H,4-7,9H2. The minimum absolute atomic E-state index is 0.816. The van der Waals surface area contributed by atoms with Gasteiger partial charge in [-0.3, -0.25) is 4.40 Å². The van der Waals surface area contributed by atoms with E-state index in [0.717, 1.165) is 30.4 Å². The molecule has 1 aliphatic rings.